The summed E-state index contributed by atoms with van der Waals surface area (Å²) in [4.78, 5) is 0. The number of aliphatic hydroxyl groups excluding tert-OH is 1. The fraction of sp³-hybridized carbons (Fsp3) is 0.647. The SMILES string of the molecule is CC(C)(C)[Si](C)(C)OCC#C/C=C\C#CCCCCO. The van der Waals surface area contributed by atoms with Crippen LogP contribution in [0.25, 0.3) is 0 Å². The van der Waals surface area contributed by atoms with Gasteiger partial charge in [0, 0.05) is 13.0 Å². The molecule has 112 valence electrons. The molecule has 0 rings (SSSR count). The fourth-order valence-electron chi connectivity index (χ4n) is 1.07. The average Bonchev–Trinajstić information content (AvgIpc) is 2.34. The first-order valence-corrected chi connectivity index (χ1v) is 10.1. The van der Waals surface area contributed by atoms with Crippen molar-refractivity contribution >= 4 is 8.32 Å². The van der Waals surface area contributed by atoms with E-state index in [1.165, 1.54) is 0 Å². The Balaban J connectivity index is 3.95. The second-order valence-corrected chi connectivity index (χ2v) is 11.0. The lowest BCUT2D eigenvalue weighted by molar-refractivity contribution is 0.285. The maximum atomic E-state index is 8.61. The predicted octanol–water partition coefficient (Wildman–Crippen LogP) is 3.73. The summed E-state index contributed by atoms with van der Waals surface area (Å²) in [6.45, 7) is 11.9. The molecule has 0 bridgehead atoms. The van der Waals surface area contributed by atoms with E-state index in [1.54, 1.807) is 12.2 Å². The molecule has 0 heterocycles. The first-order chi connectivity index (χ1) is 9.31. The number of aliphatic hydroxyl groups is 1. The number of allylic oxidation sites excluding steroid dienone is 2. The Morgan fingerprint density at radius 2 is 1.65 bits per heavy atom. The highest BCUT2D eigenvalue weighted by Gasteiger charge is 2.36. The van der Waals surface area contributed by atoms with Gasteiger partial charge >= 0.3 is 0 Å². The van der Waals surface area contributed by atoms with Gasteiger partial charge in [0.1, 0.15) is 0 Å². The quantitative estimate of drug-likeness (QED) is 0.475. The molecule has 0 saturated carbocycles. The van der Waals surface area contributed by atoms with Crippen LogP contribution in [0.5, 0.6) is 0 Å². The van der Waals surface area contributed by atoms with Crippen molar-refractivity contribution in [1.82, 2.24) is 0 Å². The van der Waals surface area contributed by atoms with Crippen LogP contribution >= 0.6 is 0 Å². The van der Waals surface area contributed by atoms with Gasteiger partial charge in [-0.05, 0) is 43.1 Å². The molecule has 0 spiro atoms. The topological polar surface area (TPSA) is 29.5 Å². The van der Waals surface area contributed by atoms with Crippen LogP contribution in [0.3, 0.4) is 0 Å². The Labute approximate surface area is 125 Å². The smallest absolute Gasteiger partial charge is 0.193 e. The summed E-state index contributed by atoms with van der Waals surface area (Å²) < 4.78 is 5.94. The van der Waals surface area contributed by atoms with E-state index in [1.807, 2.05) is 0 Å². The molecule has 0 unspecified atom stereocenters. The molecular weight excluding hydrogens is 264 g/mol. The van der Waals surface area contributed by atoms with Crippen LogP contribution in [0.1, 0.15) is 40.0 Å². The van der Waals surface area contributed by atoms with Crippen molar-refractivity contribution in [3.8, 4) is 23.7 Å². The number of hydrogen-bond donors (Lipinski definition) is 1. The molecule has 0 aliphatic carbocycles. The van der Waals surface area contributed by atoms with E-state index in [4.69, 9.17) is 9.53 Å². The van der Waals surface area contributed by atoms with E-state index >= 15 is 0 Å². The highest BCUT2D eigenvalue weighted by atomic mass is 28.4. The molecule has 3 heteroatoms. The third-order valence-corrected chi connectivity index (χ3v) is 7.95. The van der Waals surface area contributed by atoms with Crippen molar-refractivity contribution in [1.29, 1.82) is 0 Å². The van der Waals surface area contributed by atoms with E-state index in [0.717, 1.165) is 19.3 Å². The molecule has 0 aromatic heterocycles. The number of unbranched alkanes of at least 4 members (excludes halogenated alkanes) is 2. The van der Waals surface area contributed by atoms with Gasteiger partial charge in [-0.1, -0.05) is 44.5 Å². The van der Waals surface area contributed by atoms with Crippen LogP contribution in [-0.2, 0) is 4.43 Å². The van der Waals surface area contributed by atoms with Crippen LogP contribution in [0, 0.1) is 23.7 Å². The third kappa shape index (κ3) is 8.99. The zero-order valence-electron chi connectivity index (χ0n) is 13.5. The molecule has 0 radical (unpaired) electrons. The van der Waals surface area contributed by atoms with Crippen LogP contribution < -0.4 is 0 Å². The average molecular weight is 292 g/mol. The lowest BCUT2D eigenvalue weighted by atomic mass is 10.2. The minimum Gasteiger partial charge on any atom is -0.406 e. The van der Waals surface area contributed by atoms with Gasteiger partial charge in [-0.2, -0.15) is 0 Å². The Bertz CT molecular complexity index is 408. The predicted molar refractivity (Wildman–Crippen MR) is 88.8 cm³/mol. The van der Waals surface area contributed by atoms with E-state index < -0.39 is 8.32 Å². The zero-order chi connectivity index (χ0) is 15.5. The van der Waals surface area contributed by atoms with Crippen molar-refractivity contribution in [2.24, 2.45) is 0 Å². The molecule has 0 aliphatic heterocycles. The largest absolute Gasteiger partial charge is 0.406 e. The molecule has 0 aromatic carbocycles. The van der Waals surface area contributed by atoms with Gasteiger partial charge in [-0.15, -0.1) is 0 Å². The van der Waals surface area contributed by atoms with Crippen molar-refractivity contribution in [3.05, 3.63) is 12.2 Å². The Kier molecular flexibility index (Phi) is 9.34. The van der Waals surface area contributed by atoms with Crippen molar-refractivity contribution < 1.29 is 9.53 Å². The Morgan fingerprint density at radius 3 is 2.20 bits per heavy atom. The van der Waals surface area contributed by atoms with Gasteiger partial charge in [0.25, 0.3) is 0 Å². The van der Waals surface area contributed by atoms with Gasteiger partial charge in [0.15, 0.2) is 8.32 Å². The molecule has 1 N–H and O–H groups in total. The molecule has 0 aromatic rings. The van der Waals surface area contributed by atoms with E-state index in [0.29, 0.717) is 6.61 Å². The Hall–Kier alpha value is -1.00. The maximum Gasteiger partial charge on any atom is 0.193 e. The van der Waals surface area contributed by atoms with E-state index in [2.05, 4.69) is 57.5 Å². The van der Waals surface area contributed by atoms with Crippen LogP contribution in [-0.4, -0.2) is 26.6 Å². The minimum atomic E-state index is -1.67. The second-order valence-electron chi connectivity index (χ2n) is 6.21. The highest BCUT2D eigenvalue weighted by Crippen LogP contribution is 2.36. The zero-order valence-corrected chi connectivity index (χ0v) is 14.5. The molecule has 0 fully saturated rings. The summed E-state index contributed by atoms with van der Waals surface area (Å²) in [7, 11) is -1.67. The van der Waals surface area contributed by atoms with Crippen LogP contribution in [0.4, 0.5) is 0 Å². The lowest BCUT2D eigenvalue weighted by Gasteiger charge is -2.35. The van der Waals surface area contributed by atoms with Gasteiger partial charge in [-0.3, -0.25) is 0 Å². The molecule has 0 saturated heterocycles. The van der Waals surface area contributed by atoms with E-state index in [-0.39, 0.29) is 11.6 Å². The normalized spacial score (nSPS) is 11.7. The maximum absolute atomic E-state index is 8.61. The number of rotatable bonds is 5. The monoisotopic (exact) mass is 292 g/mol. The van der Waals surface area contributed by atoms with Crippen LogP contribution in [0.2, 0.25) is 18.1 Å². The molecular formula is C17H28O2Si. The van der Waals surface area contributed by atoms with Gasteiger partial charge < -0.3 is 9.53 Å². The van der Waals surface area contributed by atoms with E-state index in [9.17, 15) is 0 Å². The highest BCUT2D eigenvalue weighted by molar-refractivity contribution is 6.74. The fourth-order valence-corrected chi connectivity index (χ4v) is 1.94. The lowest BCUT2D eigenvalue weighted by Crippen LogP contribution is -2.40. The summed E-state index contributed by atoms with van der Waals surface area (Å²) in [5.41, 5.74) is 0. The van der Waals surface area contributed by atoms with Gasteiger partial charge in [0.2, 0.25) is 0 Å². The molecule has 20 heavy (non-hydrogen) atoms. The first kappa shape index (κ1) is 19.0. The molecule has 0 aliphatic rings. The first-order valence-electron chi connectivity index (χ1n) is 7.18. The van der Waals surface area contributed by atoms with Crippen LogP contribution in [0.15, 0.2) is 12.2 Å². The summed E-state index contributed by atoms with van der Waals surface area (Å²) >= 11 is 0. The van der Waals surface area contributed by atoms with Crippen molar-refractivity contribution in [2.45, 2.75) is 58.2 Å². The summed E-state index contributed by atoms with van der Waals surface area (Å²) in [6, 6.07) is 0. The van der Waals surface area contributed by atoms with Crippen molar-refractivity contribution in [2.75, 3.05) is 13.2 Å². The summed E-state index contributed by atoms with van der Waals surface area (Å²) in [6.07, 6.45) is 6.12. The second kappa shape index (κ2) is 9.83. The van der Waals surface area contributed by atoms with Crippen molar-refractivity contribution in [3.63, 3.8) is 0 Å². The summed E-state index contributed by atoms with van der Waals surface area (Å²) in [5.74, 6) is 11.9. The number of hydrogen-bond acceptors (Lipinski definition) is 2. The molecule has 0 atom stereocenters. The van der Waals surface area contributed by atoms with Gasteiger partial charge in [-0.25, -0.2) is 0 Å². The Morgan fingerprint density at radius 1 is 1.05 bits per heavy atom. The third-order valence-electron chi connectivity index (χ3n) is 3.48. The van der Waals surface area contributed by atoms with Gasteiger partial charge in [0.05, 0.1) is 6.61 Å². The molecule has 0 amide bonds. The minimum absolute atomic E-state index is 0.227. The summed E-state index contributed by atoms with van der Waals surface area (Å²) in [5, 5.41) is 8.83. The standard InChI is InChI=1S/C17H28O2Si/c1-17(2,3)20(4,5)19-16-14-12-10-8-6-7-9-11-13-15-18/h8,10,18H,9,11,13,15-16H2,1-5H3/b10-8-. The molecule has 2 nitrogen and oxygen atoms in total.